The fourth-order valence-electron chi connectivity index (χ4n) is 1.08. The molecule has 1 heterocycles. The molecule has 3 heteroatoms. The van der Waals surface area contributed by atoms with E-state index < -0.39 is 0 Å². The summed E-state index contributed by atoms with van der Waals surface area (Å²) < 4.78 is 0. The van der Waals surface area contributed by atoms with E-state index in [1.54, 1.807) is 0 Å². The lowest BCUT2D eigenvalue weighted by molar-refractivity contribution is 0.162. The number of hydrogen-bond acceptors (Lipinski definition) is 2. The van der Waals surface area contributed by atoms with Crippen molar-refractivity contribution in [3.05, 3.63) is 0 Å². The molecule has 1 aliphatic heterocycles. The molecule has 0 N–H and O–H groups in total. The monoisotopic (exact) mass is 124 g/mol. The minimum absolute atomic E-state index is 0.615. The minimum Gasteiger partial charge on any atom is -0.351 e. The second kappa shape index (κ2) is 2.71. The van der Waals surface area contributed by atoms with Gasteiger partial charge in [-0.1, -0.05) is 0 Å². The molecule has 0 aromatic carbocycles. The standard InChI is InChI=1S/C6H13BN2/c1-6-5-9(7)4-3-8(6)2/h6H,3-5H2,1-2H3/t6-/m1/s1. The van der Waals surface area contributed by atoms with Crippen molar-refractivity contribution in [3.8, 4) is 0 Å². The summed E-state index contributed by atoms with van der Waals surface area (Å²) in [6.07, 6.45) is 0. The van der Waals surface area contributed by atoms with Gasteiger partial charge in [-0.25, -0.2) is 0 Å². The van der Waals surface area contributed by atoms with Crippen LogP contribution in [0.25, 0.3) is 0 Å². The molecule has 0 aromatic rings. The average Bonchev–Trinajstić information content (AvgIpc) is 1.80. The molecule has 1 fully saturated rings. The van der Waals surface area contributed by atoms with Crippen molar-refractivity contribution in [2.24, 2.45) is 0 Å². The van der Waals surface area contributed by atoms with Gasteiger partial charge in [0.2, 0.25) is 0 Å². The van der Waals surface area contributed by atoms with E-state index in [0.29, 0.717) is 6.04 Å². The minimum atomic E-state index is 0.615. The molecule has 1 atom stereocenters. The van der Waals surface area contributed by atoms with E-state index in [2.05, 4.69) is 18.9 Å². The van der Waals surface area contributed by atoms with E-state index in [1.165, 1.54) is 0 Å². The SMILES string of the molecule is [B]N1CCN(C)[C@H](C)C1. The number of likely N-dealkylation sites (N-methyl/N-ethyl adjacent to an activating group) is 1. The van der Waals surface area contributed by atoms with Gasteiger partial charge in [0.1, 0.15) is 0 Å². The van der Waals surface area contributed by atoms with Gasteiger partial charge < -0.3 is 9.71 Å². The van der Waals surface area contributed by atoms with Gasteiger partial charge in [0, 0.05) is 19.1 Å². The van der Waals surface area contributed by atoms with Gasteiger partial charge in [-0.05, 0) is 20.5 Å². The van der Waals surface area contributed by atoms with Crippen LogP contribution in [-0.2, 0) is 0 Å². The zero-order valence-electron chi connectivity index (χ0n) is 6.17. The summed E-state index contributed by atoms with van der Waals surface area (Å²) in [5.74, 6) is 0. The van der Waals surface area contributed by atoms with Crippen molar-refractivity contribution >= 4 is 7.98 Å². The normalized spacial score (nSPS) is 32.9. The number of rotatable bonds is 0. The molecule has 0 unspecified atom stereocenters. The van der Waals surface area contributed by atoms with Gasteiger partial charge in [0.25, 0.3) is 0 Å². The van der Waals surface area contributed by atoms with E-state index in [1.807, 2.05) is 4.81 Å². The van der Waals surface area contributed by atoms with E-state index in [4.69, 9.17) is 7.98 Å². The second-order valence-electron chi connectivity index (χ2n) is 2.82. The number of piperazine rings is 1. The average molecular weight is 124 g/mol. The summed E-state index contributed by atoms with van der Waals surface area (Å²) >= 11 is 0. The van der Waals surface area contributed by atoms with E-state index in [9.17, 15) is 0 Å². The van der Waals surface area contributed by atoms with E-state index >= 15 is 0 Å². The Morgan fingerprint density at radius 3 is 2.56 bits per heavy atom. The number of hydrogen-bond donors (Lipinski definition) is 0. The fraction of sp³-hybridized carbons (Fsp3) is 1.00. The molecule has 0 saturated carbocycles. The van der Waals surface area contributed by atoms with Crippen molar-refractivity contribution < 1.29 is 0 Å². The quantitative estimate of drug-likeness (QED) is 0.409. The van der Waals surface area contributed by atoms with Gasteiger partial charge in [-0.3, -0.25) is 0 Å². The molecule has 1 rings (SSSR count). The third-order valence-corrected chi connectivity index (χ3v) is 1.99. The largest absolute Gasteiger partial charge is 0.351 e. The lowest BCUT2D eigenvalue weighted by atomic mass is 10.1. The Labute approximate surface area is 58.3 Å². The second-order valence-corrected chi connectivity index (χ2v) is 2.82. The fourth-order valence-corrected chi connectivity index (χ4v) is 1.08. The molecular formula is C6H13BN2. The van der Waals surface area contributed by atoms with Crippen LogP contribution in [0.15, 0.2) is 0 Å². The predicted octanol–water partition coefficient (Wildman–Crippen LogP) is -0.294. The molecule has 9 heavy (non-hydrogen) atoms. The molecule has 2 radical (unpaired) electrons. The highest BCUT2D eigenvalue weighted by Gasteiger charge is 2.16. The Bertz CT molecular complexity index is 97.1. The van der Waals surface area contributed by atoms with E-state index in [0.717, 1.165) is 19.6 Å². The van der Waals surface area contributed by atoms with Crippen molar-refractivity contribution in [3.63, 3.8) is 0 Å². The van der Waals surface area contributed by atoms with Crippen LogP contribution in [0, 0.1) is 0 Å². The predicted molar refractivity (Wildman–Crippen MR) is 39.4 cm³/mol. The molecule has 0 spiro atoms. The Morgan fingerprint density at radius 1 is 1.44 bits per heavy atom. The van der Waals surface area contributed by atoms with Crippen LogP contribution in [0.3, 0.4) is 0 Å². The van der Waals surface area contributed by atoms with Crippen molar-refractivity contribution in [2.75, 3.05) is 26.7 Å². The number of nitrogens with zero attached hydrogens (tertiary/aromatic N) is 2. The van der Waals surface area contributed by atoms with Crippen LogP contribution in [0.2, 0.25) is 0 Å². The van der Waals surface area contributed by atoms with Crippen LogP contribution < -0.4 is 0 Å². The molecule has 2 nitrogen and oxygen atoms in total. The molecule has 0 bridgehead atoms. The third-order valence-electron chi connectivity index (χ3n) is 1.99. The van der Waals surface area contributed by atoms with Crippen molar-refractivity contribution in [1.82, 2.24) is 9.71 Å². The van der Waals surface area contributed by atoms with Crippen molar-refractivity contribution in [2.45, 2.75) is 13.0 Å². The highest BCUT2D eigenvalue weighted by molar-refractivity contribution is 6.04. The van der Waals surface area contributed by atoms with Crippen LogP contribution in [-0.4, -0.2) is 50.4 Å². The first kappa shape index (κ1) is 7.10. The van der Waals surface area contributed by atoms with E-state index in [-0.39, 0.29) is 0 Å². The Morgan fingerprint density at radius 2 is 2.11 bits per heavy atom. The highest BCUT2D eigenvalue weighted by atomic mass is 15.2. The van der Waals surface area contributed by atoms with Gasteiger partial charge in [0.15, 0.2) is 7.98 Å². The molecule has 0 amide bonds. The molecule has 0 aromatic heterocycles. The van der Waals surface area contributed by atoms with Gasteiger partial charge >= 0.3 is 0 Å². The zero-order valence-corrected chi connectivity index (χ0v) is 6.17. The van der Waals surface area contributed by atoms with Crippen LogP contribution in [0.5, 0.6) is 0 Å². The first-order valence-corrected chi connectivity index (χ1v) is 3.40. The molecular weight excluding hydrogens is 111 g/mol. The summed E-state index contributed by atoms with van der Waals surface area (Å²) in [6, 6.07) is 0.615. The van der Waals surface area contributed by atoms with Crippen molar-refractivity contribution in [1.29, 1.82) is 0 Å². The highest BCUT2D eigenvalue weighted by Crippen LogP contribution is 2.02. The molecule has 50 valence electrons. The van der Waals surface area contributed by atoms with Gasteiger partial charge in [-0.2, -0.15) is 0 Å². The Kier molecular flexibility index (Phi) is 2.14. The van der Waals surface area contributed by atoms with Crippen LogP contribution >= 0.6 is 0 Å². The lowest BCUT2D eigenvalue weighted by Gasteiger charge is -2.35. The Balaban J connectivity index is 2.35. The first-order valence-electron chi connectivity index (χ1n) is 3.40. The summed E-state index contributed by atoms with van der Waals surface area (Å²) in [6.45, 7) is 5.29. The van der Waals surface area contributed by atoms with Gasteiger partial charge in [0.05, 0.1) is 0 Å². The maximum Gasteiger partial charge on any atom is 0.182 e. The third kappa shape index (κ3) is 1.70. The molecule has 1 aliphatic rings. The summed E-state index contributed by atoms with van der Waals surface area (Å²) in [4.78, 5) is 4.20. The maximum atomic E-state index is 5.59. The molecule has 1 saturated heterocycles. The van der Waals surface area contributed by atoms with Gasteiger partial charge in [-0.15, -0.1) is 0 Å². The summed E-state index contributed by atoms with van der Waals surface area (Å²) in [5, 5.41) is 0. The van der Waals surface area contributed by atoms with Crippen LogP contribution in [0.1, 0.15) is 6.92 Å². The topological polar surface area (TPSA) is 6.48 Å². The summed E-state index contributed by atoms with van der Waals surface area (Å²) in [7, 11) is 7.73. The lowest BCUT2D eigenvalue weighted by Crippen LogP contribution is -2.48. The molecule has 0 aliphatic carbocycles. The maximum absolute atomic E-state index is 5.59. The Hall–Kier alpha value is -0.0151. The first-order chi connectivity index (χ1) is 4.20. The summed E-state index contributed by atoms with van der Waals surface area (Å²) in [5.41, 5.74) is 0. The smallest absolute Gasteiger partial charge is 0.182 e. The zero-order chi connectivity index (χ0) is 6.85. The van der Waals surface area contributed by atoms with Crippen LogP contribution in [0.4, 0.5) is 0 Å².